The molecule has 4 heteroatoms. The van der Waals surface area contributed by atoms with Crippen molar-refractivity contribution in [2.75, 3.05) is 0 Å². The van der Waals surface area contributed by atoms with Crippen LogP contribution in [0.4, 0.5) is 0 Å². The number of hydrogen-bond donors (Lipinski definition) is 1. The quantitative estimate of drug-likeness (QED) is 0.356. The Morgan fingerprint density at radius 1 is 1.64 bits per heavy atom. The highest BCUT2D eigenvalue weighted by molar-refractivity contribution is 5.90. The van der Waals surface area contributed by atoms with Crippen LogP contribution in [0.5, 0.6) is 0 Å². The molecule has 58 valence electrons. The molecule has 1 N–H and O–H groups in total. The number of allylic oxidation sites excluding steroid dienone is 1. The number of aliphatic carboxylic acids is 1. The first-order valence-electron chi connectivity index (χ1n) is 2.48. The van der Waals surface area contributed by atoms with Crippen molar-refractivity contribution in [2.24, 2.45) is 0 Å². The Kier molecular flexibility index (Phi) is 8.74. The molecule has 0 saturated carbocycles. The van der Waals surface area contributed by atoms with Crippen molar-refractivity contribution in [2.45, 2.75) is 0 Å². The van der Waals surface area contributed by atoms with Gasteiger partial charge in [0.15, 0.2) is 0 Å². The molecule has 0 aliphatic carbocycles. The van der Waals surface area contributed by atoms with E-state index in [9.17, 15) is 4.79 Å². The fourth-order valence-corrected chi connectivity index (χ4v) is 0.0478. The first kappa shape index (κ1) is 11.9. The molecule has 0 atom stereocenters. The number of nitrogens with zero attached hydrogens (tertiary/aromatic N) is 1. The Labute approximate surface area is 64.1 Å². The molecule has 0 heterocycles. The van der Waals surface area contributed by atoms with Gasteiger partial charge in [-0.15, -0.1) is 0 Å². The van der Waals surface area contributed by atoms with Gasteiger partial charge in [-0.05, 0) is 6.08 Å². The molecule has 4 nitrogen and oxygen atoms in total. The highest BCUT2D eigenvalue weighted by Crippen LogP contribution is 1.81. The lowest BCUT2D eigenvalue weighted by Gasteiger charge is -1.76. The van der Waals surface area contributed by atoms with Crippen LogP contribution >= 0.6 is 0 Å². The monoisotopic (exact) mass is 153 g/mol. The minimum atomic E-state index is -1.26. The van der Waals surface area contributed by atoms with Crippen LogP contribution in [0.15, 0.2) is 24.8 Å². The minimum Gasteiger partial charge on any atom is -0.477 e. The molecule has 0 fully saturated rings. The molecule has 0 aromatic heterocycles. The molecule has 0 aliphatic rings. The van der Waals surface area contributed by atoms with E-state index in [2.05, 4.69) is 13.2 Å². The van der Waals surface area contributed by atoms with Gasteiger partial charge in [0.05, 0.1) is 0 Å². The number of carbonyl (C=O) groups excluding carboxylic acids is 1. The van der Waals surface area contributed by atoms with Crippen LogP contribution in [0.3, 0.4) is 0 Å². The summed E-state index contributed by atoms with van der Waals surface area (Å²) in [6.07, 6.45) is 1.83. The normalized spacial score (nSPS) is 6.09. The third-order valence-electron chi connectivity index (χ3n) is 0.489. The fraction of sp³-hybridized carbons (Fsp3) is 0. The number of nitriles is 1. The number of carboxylic acids is 1. The standard InChI is InChI=1S/C4H3NO2.C3H4O/c1-3(2-5)4(6)7;1-2-3-4/h1H2,(H,6,7);2-3H,1H2. The number of carboxylic acid groups (broad SMARTS) is 1. The number of hydrogen-bond acceptors (Lipinski definition) is 3. The molecule has 0 bridgehead atoms. The molecule has 0 amide bonds. The van der Waals surface area contributed by atoms with Crippen LogP contribution < -0.4 is 0 Å². The SMILES string of the molecule is C=C(C#N)C(=O)O.C=CC=O. The summed E-state index contributed by atoms with van der Waals surface area (Å²) in [5.41, 5.74) is -0.431. The second-order valence-corrected chi connectivity index (χ2v) is 1.27. The molecular weight excluding hydrogens is 146 g/mol. The van der Waals surface area contributed by atoms with Crippen molar-refractivity contribution < 1.29 is 14.7 Å². The van der Waals surface area contributed by atoms with E-state index in [0.717, 1.165) is 0 Å². The van der Waals surface area contributed by atoms with Crippen LogP contribution in [-0.2, 0) is 9.59 Å². The molecule has 0 aliphatic heterocycles. The summed E-state index contributed by atoms with van der Waals surface area (Å²) in [5, 5.41) is 15.6. The van der Waals surface area contributed by atoms with Gasteiger partial charge in [-0.1, -0.05) is 13.2 Å². The lowest BCUT2D eigenvalue weighted by molar-refractivity contribution is -0.132. The summed E-state index contributed by atoms with van der Waals surface area (Å²) in [5.74, 6) is -1.26. The second-order valence-electron chi connectivity index (χ2n) is 1.27. The lowest BCUT2D eigenvalue weighted by atomic mass is 10.4. The highest BCUT2D eigenvalue weighted by Gasteiger charge is 1.97. The van der Waals surface area contributed by atoms with Crippen molar-refractivity contribution in [3.63, 3.8) is 0 Å². The van der Waals surface area contributed by atoms with E-state index in [-0.39, 0.29) is 0 Å². The summed E-state index contributed by atoms with van der Waals surface area (Å²) >= 11 is 0. The first-order chi connectivity index (χ1) is 5.09. The van der Waals surface area contributed by atoms with Gasteiger partial charge >= 0.3 is 5.97 Å². The van der Waals surface area contributed by atoms with E-state index in [4.69, 9.17) is 15.2 Å². The molecule has 0 spiro atoms. The largest absolute Gasteiger partial charge is 0.477 e. The Hall–Kier alpha value is -1.89. The third-order valence-corrected chi connectivity index (χ3v) is 0.489. The third kappa shape index (κ3) is 11.6. The Bertz CT molecular complexity index is 206. The van der Waals surface area contributed by atoms with Crippen LogP contribution in [-0.4, -0.2) is 17.4 Å². The van der Waals surface area contributed by atoms with Crippen LogP contribution in [0, 0.1) is 11.3 Å². The number of rotatable bonds is 2. The second kappa shape index (κ2) is 8.11. The molecule has 0 radical (unpaired) electrons. The van der Waals surface area contributed by atoms with Crippen molar-refractivity contribution in [3.8, 4) is 6.07 Å². The fourth-order valence-electron chi connectivity index (χ4n) is 0.0478. The van der Waals surface area contributed by atoms with E-state index in [1.54, 1.807) is 0 Å². The van der Waals surface area contributed by atoms with Gasteiger partial charge in [0.2, 0.25) is 0 Å². The maximum absolute atomic E-state index is 9.61. The lowest BCUT2D eigenvalue weighted by Crippen LogP contribution is -1.94. The summed E-state index contributed by atoms with van der Waals surface area (Å²) < 4.78 is 0. The van der Waals surface area contributed by atoms with E-state index in [1.165, 1.54) is 12.1 Å². The molecule has 11 heavy (non-hydrogen) atoms. The van der Waals surface area contributed by atoms with E-state index < -0.39 is 11.5 Å². The van der Waals surface area contributed by atoms with Gasteiger partial charge < -0.3 is 5.11 Å². The van der Waals surface area contributed by atoms with Crippen LogP contribution in [0.1, 0.15) is 0 Å². The van der Waals surface area contributed by atoms with Gasteiger partial charge in [-0.3, -0.25) is 4.79 Å². The van der Waals surface area contributed by atoms with Gasteiger partial charge in [-0.2, -0.15) is 5.26 Å². The van der Waals surface area contributed by atoms with Crippen LogP contribution in [0.25, 0.3) is 0 Å². The van der Waals surface area contributed by atoms with Crippen molar-refractivity contribution in [3.05, 3.63) is 24.8 Å². The first-order valence-corrected chi connectivity index (χ1v) is 2.48. The molecule has 0 aromatic carbocycles. The zero-order valence-corrected chi connectivity index (χ0v) is 5.78. The smallest absolute Gasteiger partial charge is 0.345 e. The predicted molar refractivity (Wildman–Crippen MR) is 38.6 cm³/mol. The maximum atomic E-state index is 9.61. The Morgan fingerprint density at radius 3 is 2.00 bits per heavy atom. The van der Waals surface area contributed by atoms with Crippen LogP contribution in [0.2, 0.25) is 0 Å². The van der Waals surface area contributed by atoms with Crippen molar-refractivity contribution >= 4 is 12.3 Å². The number of aldehydes is 1. The zero-order chi connectivity index (χ0) is 9.28. The Balaban J connectivity index is 0. The molecular formula is C7H7NO3. The zero-order valence-electron chi connectivity index (χ0n) is 5.78. The van der Waals surface area contributed by atoms with Crippen molar-refractivity contribution in [1.29, 1.82) is 5.26 Å². The average molecular weight is 153 g/mol. The number of carbonyl (C=O) groups is 2. The van der Waals surface area contributed by atoms with Gasteiger partial charge in [-0.25, -0.2) is 4.79 Å². The van der Waals surface area contributed by atoms with Gasteiger partial charge in [0.1, 0.15) is 17.9 Å². The maximum Gasteiger partial charge on any atom is 0.345 e. The average Bonchev–Trinajstić information content (AvgIpc) is 2.03. The molecule has 0 aromatic rings. The van der Waals surface area contributed by atoms with Gasteiger partial charge in [0.25, 0.3) is 0 Å². The van der Waals surface area contributed by atoms with Crippen molar-refractivity contribution in [1.82, 2.24) is 0 Å². The molecule has 0 unspecified atom stereocenters. The van der Waals surface area contributed by atoms with E-state index in [0.29, 0.717) is 6.29 Å². The topological polar surface area (TPSA) is 78.2 Å². The highest BCUT2D eigenvalue weighted by atomic mass is 16.4. The Morgan fingerprint density at radius 2 is 2.00 bits per heavy atom. The molecule has 0 saturated heterocycles. The summed E-state index contributed by atoms with van der Waals surface area (Å²) in [4.78, 5) is 18.7. The van der Waals surface area contributed by atoms with E-state index in [1.807, 2.05) is 0 Å². The van der Waals surface area contributed by atoms with Gasteiger partial charge in [0, 0.05) is 0 Å². The predicted octanol–water partition coefficient (Wildman–Crippen LogP) is 0.522. The molecule has 0 rings (SSSR count). The minimum absolute atomic E-state index is 0.431. The summed E-state index contributed by atoms with van der Waals surface area (Å²) in [6, 6.07) is 1.37. The summed E-state index contributed by atoms with van der Waals surface area (Å²) in [7, 11) is 0. The summed E-state index contributed by atoms with van der Waals surface area (Å²) in [6.45, 7) is 6.02. The van der Waals surface area contributed by atoms with E-state index >= 15 is 0 Å².